The Morgan fingerprint density at radius 3 is 2.64 bits per heavy atom. The lowest BCUT2D eigenvalue weighted by Gasteiger charge is -2.16. The average Bonchev–Trinajstić information content (AvgIpc) is 2.50. The first-order valence-electron chi connectivity index (χ1n) is 7.33. The molecule has 5 nitrogen and oxygen atoms in total. The van der Waals surface area contributed by atoms with Crippen LogP contribution in [-0.4, -0.2) is 39.4 Å². The topological polar surface area (TPSA) is 56.8 Å². The van der Waals surface area contributed by atoms with Gasteiger partial charge in [0.25, 0.3) is 5.91 Å². The molecule has 6 heteroatoms. The molecule has 1 atom stereocenters. The number of carbonyl (C=O) groups is 1. The lowest BCUT2D eigenvalue weighted by atomic mass is 10.1. The number of amides is 1. The van der Waals surface area contributed by atoms with Gasteiger partial charge in [-0.3, -0.25) is 4.79 Å². The summed E-state index contributed by atoms with van der Waals surface area (Å²) < 4.78 is 16.7. The van der Waals surface area contributed by atoms with Gasteiger partial charge in [0.15, 0.2) is 11.5 Å². The Labute approximate surface area is 140 Å². The normalized spacial score (nSPS) is 11.9. The minimum atomic E-state index is -0.148. The van der Waals surface area contributed by atoms with Gasteiger partial charge in [-0.2, -0.15) is 0 Å². The van der Waals surface area contributed by atoms with Crippen LogP contribution < -0.4 is 14.8 Å². The summed E-state index contributed by atoms with van der Waals surface area (Å²) in [4.78, 5) is 12.3. The molecule has 0 heterocycles. The predicted octanol–water partition coefficient (Wildman–Crippen LogP) is 3.40. The summed E-state index contributed by atoms with van der Waals surface area (Å²) in [6, 6.07) is 3.47. The highest BCUT2D eigenvalue weighted by Gasteiger charge is 2.16. The summed E-state index contributed by atoms with van der Waals surface area (Å²) in [6.45, 7) is 5.18. The van der Waals surface area contributed by atoms with E-state index in [4.69, 9.17) is 14.2 Å². The third kappa shape index (κ3) is 5.50. The van der Waals surface area contributed by atoms with Crippen molar-refractivity contribution in [3.8, 4) is 11.5 Å². The van der Waals surface area contributed by atoms with Crippen LogP contribution in [0, 0.1) is 0 Å². The summed E-state index contributed by atoms with van der Waals surface area (Å²) in [7, 11) is 3.20. The Morgan fingerprint density at radius 1 is 1.32 bits per heavy atom. The standard InChI is InChI=1S/C16H24BrNO4/c1-5-7-22-15-13(17)9-12(10-14(15)21-4)16(19)18-11(2)6-8-20-3/h9-11H,5-8H2,1-4H3,(H,18,19). The predicted molar refractivity (Wildman–Crippen MR) is 89.9 cm³/mol. The maximum absolute atomic E-state index is 12.3. The fourth-order valence-electron chi connectivity index (χ4n) is 1.87. The van der Waals surface area contributed by atoms with Crippen molar-refractivity contribution < 1.29 is 19.0 Å². The van der Waals surface area contributed by atoms with E-state index in [1.807, 2.05) is 13.8 Å². The van der Waals surface area contributed by atoms with E-state index in [1.54, 1.807) is 26.4 Å². The van der Waals surface area contributed by atoms with E-state index in [2.05, 4.69) is 21.2 Å². The lowest BCUT2D eigenvalue weighted by Crippen LogP contribution is -2.33. The fourth-order valence-corrected chi connectivity index (χ4v) is 2.43. The molecule has 1 aromatic carbocycles. The number of nitrogens with one attached hydrogen (secondary N) is 1. The van der Waals surface area contributed by atoms with Gasteiger partial charge in [0.05, 0.1) is 18.2 Å². The van der Waals surface area contributed by atoms with E-state index < -0.39 is 0 Å². The van der Waals surface area contributed by atoms with Crippen molar-refractivity contribution in [1.29, 1.82) is 0 Å². The number of rotatable bonds is 9. The maximum atomic E-state index is 12.3. The second-order valence-corrected chi connectivity index (χ2v) is 5.85. The third-order valence-corrected chi connectivity index (χ3v) is 3.66. The van der Waals surface area contributed by atoms with Gasteiger partial charge >= 0.3 is 0 Å². The van der Waals surface area contributed by atoms with E-state index in [9.17, 15) is 4.79 Å². The molecular weight excluding hydrogens is 350 g/mol. The number of carbonyl (C=O) groups excluding carboxylic acids is 1. The number of benzene rings is 1. The monoisotopic (exact) mass is 373 g/mol. The van der Waals surface area contributed by atoms with Gasteiger partial charge < -0.3 is 19.5 Å². The van der Waals surface area contributed by atoms with Gasteiger partial charge in [-0.1, -0.05) is 6.92 Å². The van der Waals surface area contributed by atoms with Crippen molar-refractivity contribution in [2.45, 2.75) is 32.7 Å². The molecular formula is C16H24BrNO4. The molecule has 0 aromatic heterocycles. The van der Waals surface area contributed by atoms with Crippen LogP contribution in [0.1, 0.15) is 37.0 Å². The van der Waals surface area contributed by atoms with Crippen LogP contribution in [0.3, 0.4) is 0 Å². The van der Waals surface area contributed by atoms with Gasteiger partial charge in [0, 0.05) is 25.3 Å². The zero-order valence-corrected chi connectivity index (χ0v) is 15.2. The van der Waals surface area contributed by atoms with Crippen LogP contribution in [0.2, 0.25) is 0 Å². The maximum Gasteiger partial charge on any atom is 0.251 e. The largest absolute Gasteiger partial charge is 0.493 e. The quantitative estimate of drug-likeness (QED) is 0.720. The number of halogens is 1. The number of hydrogen-bond acceptors (Lipinski definition) is 4. The average molecular weight is 374 g/mol. The van der Waals surface area contributed by atoms with E-state index in [-0.39, 0.29) is 11.9 Å². The Kier molecular flexibility index (Phi) is 8.27. The minimum Gasteiger partial charge on any atom is -0.493 e. The van der Waals surface area contributed by atoms with Gasteiger partial charge in [-0.25, -0.2) is 0 Å². The zero-order chi connectivity index (χ0) is 16.5. The number of ether oxygens (including phenoxy) is 3. The van der Waals surface area contributed by atoms with Crippen LogP contribution in [-0.2, 0) is 4.74 Å². The van der Waals surface area contributed by atoms with Crippen molar-refractivity contribution >= 4 is 21.8 Å². The SMILES string of the molecule is CCCOc1c(Br)cc(C(=O)NC(C)CCOC)cc1OC. The molecule has 1 N–H and O–H groups in total. The number of hydrogen-bond donors (Lipinski definition) is 1. The van der Waals surface area contributed by atoms with Gasteiger partial charge in [0.1, 0.15) is 0 Å². The second-order valence-electron chi connectivity index (χ2n) is 4.99. The molecule has 0 radical (unpaired) electrons. The first kappa shape index (κ1) is 18.8. The van der Waals surface area contributed by atoms with Gasteiger partial charge in [0.2, 0.25) is 0 Å². The van der Waals surface area contributed by atoms with Crippen molar-refractivity contribution in [2.75, 3.05) is 27.4 Å². The fraction of sp³-hybridized carbons (Fsp3) is 0.562. The molecule has 1 amide bonds. The Hall–Kier alpha value is -1.27. The Morgan fingerprint density at radius 2 is 2.05 bits per heavy atom. The molecule has 0 aliphatic rings. The van der Waals surface area contributed by atoms with Crippen LogP contribution in [0.25, 0.3) is 0 Å². The molecule has 0 aliphatic carbocycles. The van der Waals surface area contributed by atoms with Crippen molar-refractivity contribution in [3.05, 3.63) is 22.2 Å². The molecule has 0 aliphatic heterocycles. The smallest absolute Gasteiger partial charge is 0.251 e. The zero-order valence-electron chi connectivity index (χ0n) is 13.6. The van der Waals surface area contributed by atoms with Crippen molar-refractivity contribution in [2.24, 2.45) is 0 Å². The van der Waals surface area contributed by atoms with Crippen LogP contribution >= 0.6 is 15.9 Å². The Balaban J connectivity index is 2.87. The summed E-state index contributed by atoms with van der Waals surface area (Å²) in [5, 5.41) is 2.94. The minimum absolute atomic E-state index is 0.0354. The molecule has 1 rings (SSSR count). The summed E-state index contributed by atoms with van der Waals surface area (Å²) in [5.41, 5.74) is 0.525. The molecule has 0 saturated carbocycles. The summed E-state index contributed by atoms with van der Waals surface area (Å²) in [6.07, 6.45) is 1.66. The highest BCUT2D eigenvalue weighted by molar-refractivity contribution is 9.10. The van der Waals surface area contributed by atoms with Gasteiger partial charge in [-0.15, -0.1) is 0 Å². The number of methoxy groups -OCH3 is 2. The third-order valence-electron chi connectivity index (χ3n) is 3.07. The first-order valence-corrected chi connectivity index (χ1v) is 8.12. The van der Waals surface area contributed by atoms with Crippen LogP contribution in [0.4, 0.5) is 0 Å². The Bertz CT molecular complexity index is 493. The molecule has 0 fully saturated rings. The van der Waals surface area contributed by atoms with E-state index in [0.717, 1.165) is 12.8 Å². The second kappa shape index (κ2) is 9.69. The lowest BCUT2D eigenvalue weighted by molar-refractivity contribution is 0.0929. The highest BCUT2D eigenvalue weighted by Crippen LogP contribution is 2.36. The molecule has 0 spiro atoms. The van der Waals surface area contributed by atoms with Crippen molar-refractivity contribution in [3.63, 3.8) is 0 Å². The molecule has 22 heavy (non-hydrogen) atoms. The van der Waals surface area contributed by atoms with Crippen molar-refractivity contribution in [1.82, 2.24) is 5.32 Å². The molecule has 124 valence electrons. The van der Waals surface area contributed by atoms with E-state index >= 15 is 0 Å². The molecule has 0 bridgehead atoms. The highest BCUT2D eigenvalue weighted by atomic mass is 79.9. The van der Waals surface area contributed by atoms with Crippen LogP contribution in [0.5, 0.6) is 11.5 Å². The molecule has 1 unspecified atom stereocenters. The molecule has 1 aromatic rings. The summed E-state index contributed by atoms with van der Waals surface area (Å²) >= 11 is 3.44. The first-order chi connectivity index (χ1) is 10.5. The summed E-state index contributed by atoms with van der Waals surface area (Å²) in [5.74, 6) is 1.01. The van der Waals surface area contributed by atoms with Crippen LogP contribution in [0.15, 0.2) is 16.6 Å². The van der Waals surface area contributed by atoms with E-state index in [1.165, 1.54) is 0 Å². The van der Waals surface area contributed by atoms with E-state index in [0.29, 0.717) is 34.7 Å². The molecule has 0 saturated heterocycles. The van der Waals surface area contributed by atoms with Gasteiger partial charge in [-0.05, 0) is 47.8 Å².